The zero-order chi connectivity index (χ0) is 11.7. The van der Waals surface area contributed by atoms with E-state index in [-0.39, 0.29) is 5.97 Å². The van der Waals surface area contributed by atoms with Gasteiger partial charge in [0.15, 0.2) is 0 Å². The second-order valence-electron chi connectivity index (χ2n) is 6.18. The Balaban J connectivity index is 2.84. The molecule has 0 aromatic carbocycles. The monoisotopic (exact) mass is 210 g/mol. The van der Waals surface area contributed by atoms with Crippen LogP contribution in [0.25, 0.3) is 0 Å². The van der Waals surface area contributed by atoms with Gasteiger partial charge in [-0.2, -0.15) is 0 Å². The van der Waals surface area contributed by atoms with E-state index in [0.29, 0.717) is 10.8 Å². The number of rotatable bonds is 1. The van der Waals surface area contributed by atoms with Gasteiger partial charge in [-0.05, 0) is 30.1 Å². The fourth-order valence-corrected chi connectivity index (χ4v) is 3.04. The molecule has 0 heterocycles. The third kappa shape index (κ3) is 3.69. The van der Waals surface area contributed by atoms with Crippen molar-refractivity contribution < 1.29 is 9.53 Å². The number of ether oxygens (including phenoxy) is 1. The van der Waals surface area contributed by atoms with Crippen LogP contribution in [-0.2, 0) is 9.53 Å². The fourth-order valence-electron chi connectivity index (χ4n) is 3.04. The molecule has 0 atom stereocenters. The van der Waals surface area contributed by atoms with Crippen molar-refractivity contribution in [1.82, 2.24) is 0 Å². The first kappa shape index (κ1) is 12.3. The lowest BCUT2D eigenvalue weighted by Gasteiger charge is -2.42. The predicted octanol–water partition coefficient (Wildman–Crippen LogP) is 3.32. The van der Waals surface area contributed by atoms with Crippen molar-refractivity contribution in [2.45, 2.75) is 47.0 Å². The van der Waals surface area contributed by atoms with Crippen LogP contribution in [0.5, 0.6) is 0 Å². The standard InChI is InChI=1S/C13H22O2/c1-12(2)7-10(6-11(14)15-5)8-13(3,4)9-12/h6H,7-9H2,1-5H3. The van der Waals surface area contributed by atoms with E-state index in [1.165, 1.54) is 19.1 Å². The van der Waals surface area contributed by atoms with Crippen LogP contribution in [0.3, 0.4) is 0 Å². The highest BCUT2D eigenvalue weighted by atomic mass is 16.5. The van der Waals surface area contributed by atoms with Crippen LogP contribution in [-0.4, -0.2) is 13.1 Å². The quantitative estimate of drug-likeness (QED) is 0.490. The number of methoxy groups -OCH3 is 1. The molecule has 0 bridgehead atoms. The van der Waals surface area contributed by atoms with Crippen LogP contribution >= 0.6 is 0 Å². The number of esters is 1. The molecule has 0 N–H and O–H groups in total. The lowest BCUT2D eigenvalue weighted by Crippen LogP contribution is -2.30. The van der Waals surface area contributed by atoms with Gasteiger partial charge in [0.05, 0.1) is 7.11 Å². The van der Waals surface area contributed by atoms with Gasteiger partial charge < -0.3 is 4.74 Å². The lowest BCUT2D eigenvalue weighted by molar-refractivity contribution is -0.134. The Morgan fingerprint density at radius 3 is 2.07 bits per heavy atom. The summed E-state index contributed by atoms with van der Waals surface area (Å²) in [6.45, 7) is 9.05. The largest absolute Gasteiger partial charge is 0.466 e. The van der Waals surface area contributed by atoms with Crippen molar-refractivity contribution in [3.8, 4) is 0 Å². The van der Waals surface area contributed by atoms with Crippen LogP contribution < -0.4 is 0 Å². The molecule has 0 aromatic rings. The predicted molar refractivity (Wildman–Crippen MR) is 61.5 cm³/mol. The molecule has 0 unspecified atom stereocenters. The minimum atomic E-state index is -0.224. The molecule has 0 amide bonds. The summed E-state index contributed by atoms with van der Waals surface area (Å²) in [5, 5.41) is 0. The van der Waals surface area contributed by atoms with Crippen LogP contribution in [0.15, 0.2) is 11.6 Å². The van der Waals surface area contributed by atoms with E-state index in [0.717, 1.165) is 12.8 Å². The third-order valence-electron chi connectivity index (χ3n) is 2.89. The summed E-state index contributed by atoms with van der Waals surface area (Å²) in [5.74, 6) is -0.224. The molecule has 0 spiro atoms. The van der Waals surface area contributed by atoms with Gasteiger partial charge in [-0.3, -0.25) is 0 Å². The van der Waals surface area contributed by atoms with Crippen molar-refractivity contribution >= 4 is 5.97 Å². The molecule has 1 saturated carbocycles. The maximum atomic E-state index is 11.2. The van der Waals surface area contributed by atoms with E-state index in [1.54, 1.807) is 6.08 Å². The Labute approximate surface area is 92.7 Å². The molecule has 1 fully saturated rings. The molecule has 2 nitrogen and oxygen atoms in total. The normalized spacial score (nSPS) is 23.4. The highest BCUT2D eigenvalue weighted by Crippen LogP contribution is 2.47. The number of carbonyl (C=O) groups excluding carboxylic acids is 1. The van der Waals surface area contributed by atoms with E-state index in [4.69, 9.17) is 0 Å². The van der Waals surface area contributed by atoms with Gasteiger partial charge in [0.25, 0.3) is 0 Å². The summed E-state index contributed by atoms with van der Waals surface area (Å²) < 4.78 is 4.67. The van der Waals surface area contributed by atoms with E-state index in [1.807, 2.05) is 0 Å². The Morgan fingerprint density at radius 2 is 1.67 bits per heavy atom. The van der Waals surface area contributed by atoms with E-state index < -0.39 is 0 Å². The van der Waals surface area contributed by atoms with Gasteiger partial charge in [-0.1, -0.05) is 33.3 Å². The van der Waals surface area contributed by atoms with Crippen molar-refractivity contribution in [2.75, 3.05) is 7.11 Å². The lowest BCUT2D eigenvalue weighted by atomic mass is 9.63. The van der Waals surface area contributed by atoms with Crippen LogP contribution in [0.1, 0.15) is 47.0 Å². The summed E-state index contributed by atoms with van der Waals surface area (Å²) in [5.41, 5.74) is 1.81. The first-order chi connectivity index (χ1) is 6.74. The zero-order valence-corrected chi connectivity index (χ0v) is 10.5. The summed E-state index contributed by atoms with van der Waals surface area (Å²) in [6.07, 6.45) is 4.89. The van der Waals surface area contributed by atoms with Crippen molar-refractivity contribution in [3.05, 3.63) is 11.6 Å². The number of carbonyl (C=O) groups is 1. The molecule has 1 rings (SSSR count). The minimum Gasteiger partial charge on any atom is -0.466 e. The maximum Gasteiger partial charge on any atom is 0.330 e. The Hall–Kier alpha value is -0.790. The fraction of sp³-hybridized carbons (Fsp3) is 0.769. The number of allylic oxidation sites excluding steroid dienone is 1. The average molecular weight is 210 g/mol. The summed E-state index contributed by atoms with van der Waals surface area (Å²) >= 11 is 0. The van der Waals surface area contributed by atoms with E-state index >= 15 is 0 Å². The van der Waals surface area contributed by atoms with Gasteiger partial charge in [0.1, 0.15) is 0 Å². The highest BCUT2D eigenvalue weighted by molar-refractivity contribution is 5.82. The van der Waals surface area contributed by atoms with Crippen LogP contribution in [0.2, 0.25) is 0 Å². The molecule has 0 radical (unpaired) electrons. The summed E-state index contributed by atoms with van der Waals surface area (Å²) in [7, 11) is 1.43. The highest BCUT2D eigenvalue weighted by Gasteiger charge is 2.35. The second-order valence-corrected chi connectivity index (χ2v) is 6.18. The van der Waals surface area contributed by atoms with E-state index in [9.17, 15) is 4.79 Å². The topological polar surface area (TPSA) is 26.3 Å². The van der Waals surface area contributed by atoms with Crippen molar-refractivity contribution in [3.63, 3.8) is 0 Å². The van der Waals surface area contributed by atoms with Gasteiger partial charge in [-0.25, -0.2) is 4.79 Å². The zero-order valence-electron chi connectivity index (χ0n) is 10.5. The second kappa shape index (κ2) is 3.99. The van der Waals surface area contributed by atoms with E-state index in [2.05, 4.69) is 32.4 Å². The molecular formula is C13H22O2. The molecule has 1 aliphatic rings. The molecule has 86 valence electrons. The third-order valence-corrected chi connectivity index (χ3v) is 2.89. The van der Waals surface area contributed by atoms with Gasteiger partial charge in [0.2, 0.25) is 0 Å². The Bertz CT molecular complexity index is 267. The molecule has 0 saturated heterocycles. The molecule has 2 heteroatoms. The molecule has 0 aromatic heterocycles. The maximum absolute atomic E-state index is 11.2. The smallest absolute Gasteiger partial charge is 0.330 e. The SMILES string of the molecule is COC(=O)C=C1CC(C)(C)CC(C)(C)C1. The number of hydrogen-bond donors (Lipinski definition) is 0. The van der Waals surface area contributed by atoms with Gasteiger partial charge >= 0.3 is 5.97 Å². The summed E-state index contributed by atoms with van der Waals surface area (Å²) in [4.78, 5) is 11.2. The Kier molecular flexibility index (Phi) is 3.27. The first-order valence-electron chi connectivity index (χ1n) is 5.52. The van der Waals surface area contributed by atoms with Crippen LogP contribution in [0, 0.1) is 10.8 Å². The first-order valence-corrected chi connectivity index (χ1v) is 5.52. The van der Waals surface area contributed by atoms with Crippen molar-refractivity contribution in [2.24, 2.45) is 10.8 Å². The van der Waals surface area contributed by atoms with Crippen molar-refractivity contribution in [1.29, 1.82) is 0 Å². The van der Waals surface area contributed by atoms with Crippen LogP contribution in [0.4, 0.5) is 0 Å². The molecule has 15 heavy (non-hydrogen) atoms. The average Bonchev–Trinajstić information content (AvgIpc) is 1.97. The Morgan fingerprint density at radius 1 is 1.20 bits per heavy atom. The summed E-state index contributed by atoms with van der Waals surface area (Å²) in [6, 6.07) is 0. The molecular weight excluding hydrogens is 188 g/mol. The molecule has 0 aliphatic heterocycles. The van der Waals surface area contributed by atoms with Gasteiger partial charge in [-0.15, -0.1) is 0 Å². The number of hydrogen-bond acceptors (Lipinski definition) is 2. The van der Waals surface area contributed by atoms with Gasteiger partial charge in [0, 0.05) is 6.08 Å². The molecule has 1 aliphatic carbocycles. The minimum absolute atomic E-state index is 0.224.